The van der Waals surface area contributed by atoms with Gasteiger partial charge in [0.05, 0.1) is 17.1 Å². The number of piperidine rings is 1. The number of rotatable bonds is 1. The molecule has 7 nitrogen and oxygen atoms in total. The van der Waals surface area contributed by atoms with Crippen LogP contribution in [-0.4, -0.2) is 49.4 Å². The van der Waals surface area contributed by atoms with Crippen LogP contribution in [-0.2, 0) is 4.74 Å². The minimum absolute atomic E-state index is 0.186. The van der Waals surface area contributed by atoms with Gasteiger partial charge in [-0.05, 0) is 40.5 Å². The molecule has 0 spiro atoms. The molecular formula is C16H22ClN5O2. The fourth-order valence-corrected chi connectivity index (χ4v) is 3.24. The SMILES string of the molecule is Cc1nn(C2CCN(C(=O)OC(C)(C)C)CC2)c2ncnc(Cl)c12. The third-order valence-electron chi connectivity index (χ3n) is 4.08. The highest BCUT2D eigenvalue weighted by Gasteiger charge is 2.29. The second-order valence-corrected chi connectivity index (χ2v) is 7.45. The van der Waals surface area contributed by atoms with Gasteiger partial charge in [0.25, 0.3) is 0 Å². The van der Waals surface area contributed by atoms with Crippen molar-refractivity contribution in [1.29, 1.82) is 0 Å². The van der Waals surface area contributed by atoms with E-state index in [0.29, 0.717) is 18.2 Å². The lowest BCUT2D eigenvalue weighted by Crippen LogP contribution is -2.42. The van der Waals surface area contributed by atoms with Crippen LogP contribution < -0.4 is 0 Å². The van der Waals surface area contributed by atoms with Crippen LogP contribution in [0.3, 0.4) is 0 Å². The van der Waals surface area contributed by atoms with Gasteiger partial charge >= 0.3 is 6.09 Å². The summed E-state index contributed by atoms with van der Waals surface area (Å²) in [6.45, 7) is 8.81. The molecule has 1 fully saturated rings. The molecular weight excluding hydrogens is 330 g/mol. The van der Waals surface area contributed by atoms with Crippen LogP contribution in [0.15, 0.2) is 6.33 Å². The van der Waals surface area contributed by atoms with Crippen molar-refractivity contribution in [2.45, 2.75) is 52.2 Å². The summed E-state index contributed by atoms with van der Waals surface area (Å²) in [5, 5.41) is 5.82. The summed E-state index contributed by atoms with van der Waals surface area (Å²) in [5.41, 5.74) is 1.10. The van der Waals surface area contributed by atoms with Crippen LogP contribution in [0, 0.1) is 6.92 Å². The molecule has 0 aliphatic carbocycles. The summed E-state index contributed by atoms with van der Waals surface area (Å²) in [5.74, 6) is 0. The van der Waals surface area contributed by atoms with Crippen molar-refractivity contribution in [2.24, 2.45) is 0 Å². The molecule has 0 aromatic carbocycles. The average Bonchev–Trinajstić information content (AvgIpc) is 2.84. The third kappa shape index (κ3) is 3.31. The highest BCUT2D eigenvalue weighted by atomic mass is 35.5. The van der Waals surface area contributed by atoms with Gasteiger partial charge in [-0.3, -0.25) is 0 Å². The predicted octanol–water partition coefficient (Wildman–Crippen LogP) is 3.36. The molecule has 130 valence electrons. The van der Waals surface area contributed by atoms with Gasteiger partial charge in [-0.15, -0.1) is 0 Å². The maximum absolute atomic E-state index is 12.2. The van der Waals surface area contributed by atoms with E-state index in [-0.39, 0.29) is 12.1 Å². The van der Waals surface area contributed by atoms with E-state index in [1.165, 1.54) is 6.33 Å². The van der Waals surface area contributed by atoms with Gasteiger partial charge in [-0.1, -0.05) is 11.6 Å². The van der Waals surface area contributed by atoms with E-state index in [4.69, 9.17) is 16.3 Å². The van der Waals surface area contributed by atoms with Gasteiger partial charge in [0.15, 0.2) is 5.65 Å². The highest BCUT2D eigenvalue weighted by Crippen LogP contribution is 2.29. The average molecular weight is 352 g/mol. The van der Waals surface area contributed by atoms with Crippen LogP contribution in [0.4, 0.5) is 4.79 Å². The highest BCUT2D eigenvalue weighted by molar-refractivity contribution is 6.34. The molecule has 1 aliphatic heterocycles. The molecule has 0 N–H and O–H groups in total. The van der Waals surface area contributed by atoms with Gasteiger partial charge in [-0.25, -0.2) is 19.4 Å². The lowest BCUT2D eigenvalue weighted by Gasteiger charge is -2.33. The van der Waals surface area contributed by atoms with Crippen molar-refractivity contribution in [3.05, 3.63) is 17.2 Å². The first-order chi connectivity index (χ1) is 11.3. The van der Waals surface area contributed by atoms with Crippen molar-refractivity contribution in [3.8, 4) is 0 Å². The van der Waals surface area contributed by atoms with Crippen LogP contribution in [0.5, 0.6) is 0 Å². The van der Waals surface area contributed by atoms with Crippen LogP contribution in [0.25, 0.3) is 11.0 Å². The molecule has 2 aromatic heterocycles. The van der Waals surface area contributed by atoms with Gasteiger partial charge in [0.1, 0.15) is 17.1 Å². The summed E-state index contributed by atoms with van der Waals surface area (Å²) in [6, 6.07) is 0.186. The first-order valence-electron chi connectivity index (χ1n) is 8.09. The molecule has 2 aromatic rings. The molecule has 24 heavy (non-hydrogen) atoms. The minimum atomic E-state index is -0.475. The summed E-state index contributed by atoms with van der Waals surface area (Å²) < 4.78 is 7.36. The number of amides is 1. The summed E-state index contributed by atoms with van der Waals surface area (Å²) in [6.07, 6.45) is 2.81. The second-order valence-electron chi connectivity index (χ2n) is 7.09. The second kappa shape index (κ2) is 6.20. The summed E-state index contributed by atoms with van der Waals surface area (Å²) >= 11 is 6.17. The Morgan fingerprint density at radius 2 is 1.96 bits per heavy atom. The number of aryl methyl sites for hydroxylation is 1. The first kappa shape index (κ1) is 17.0. The van der Waals surface area contributed by atoms with Crippen LogP contribution >= 0.6 is 11.6 Å². The Morgan fingerprint density at radius 1 is 1.29 bits per heavy atom. The Bertz CT molecular complexity index is 760. The smallest absolute Gasteiger partial charge is 0.410 e. The maximum Gasteiger partial charge on any atom is 0.410 e. The number of ether oxygens (including phenoxy) is 1. The zero-order chi connectivity index (χ0) is 17.5. The van der Waals surface area contributed by atoms with Gasteiger partial charge in [0.2, 0.25) is 0 Å². The molecule has 1 amide bonds. The number of nitrogens with zero attached hydrogens (tertiary/aromatic N) is 5. The number of hydrogen-bond donors (Lipinski definition) is 0. The minimum Gasteiger partial charge on any atom is -0.444 e. The van der Waals surface area contributed by atoms with Crippen molar-refractivity contribution in [1.82, 2.24) is 24.6 Å². The Labute approximate surface area is 146 Å². The fourth-order valence-electron chi connectivity index (χ4n) is 2.97. The molecule has 0 bridgehead atoms. The largest absolute Gasteiger partial charge is 0.444 e. The number of carbonyl (C=O) groups excluding carboxylic acids is 1. The van der Waals surface area contributed by atoms with Gasteiger partial charge in [-0.2, -0.15) is 5.10 Å². The lowest BCUT2D eigenvalue weighted by atomic mass is 10.1. The van der Waals surface area contributed by atoms with E-state index in [1.807, 2.05) is 32.4 Å². The van der Waals surface area contributed by atoms with Crippen LogP contribution in [0.1, 0.15) is 45.3 Å². The lowest BCUT2D eigenvalue weighted by molar-refractivity contribution is 0.0186. The molecule has 0 radical (unpaired) electrons. The van der Waals surface area contributed by atoms with Crippen molar-refractivity contribution in [2.75, 3.05) is 13.1 Å². The third-order valence-corrected chi connectivity index (χ3v) is 4.37. The number of carbonyl (C=O) groups is 1. The zero-order valence-corrected chi connectivity index (χ0v) is 15.2. The Hall–Kier alpha value is -1.89. The molecule has 1 saturated heterocycles. The first-order valence-corrected chi connectivity index (χ1v) is 8.47. The topological polar surface area (TPSA) is 73.1 Å². The summed E-state index contributed by atoms with van der Waals surface area (Å²) in [7, 11) is 0. The van der Waals surface area contributed by atoms with E-state index in [1.54, 1.807) is 4.90 Å². The van der Waals surface area contributed by atoms with Crippen molar-refractivity contribution < 1.29 is 9.53 Å². The molecule has 0 unspecified atom stereocenters. The monoisotopic (exact) mass is 351 g/mol. The molecule has 1 aliphatic rings. The van der Waals surface area contributed by atoms with E-state index < -0.39 is 5.60 Å². The molecule has 3 heterocycles. The Morgan fingerprint density at radius 3 is 2.58 bits per heavy atom. The standard InChI is InChI=1S/C16H22ClN5O2/c1-10-12-13(17)18-9-19-14(12)22(20-10)11-5-7-21(8-6-11)15(23)24-16(2,3)4/h9,11H,5-8H2,1-4H3. The molecule has 0 atom stereocenters. The van der Waals surface area contributed by atoms with E-state index in [0.717, 1.165) is 29.6 Å². The normalized spacial score (nSPS) is 16.6. The van der Waals surface area contributed by atoms with Gasteiger partial charge in [0, 0.05) is 13.1 Å². The van der Waals surface area contributed by atoms with E-state index in [2.05, 4.69) is 15.1 Å². The predicted molar refractivity (Wildman–Crippen MR) is 91.1 cm³/mol. The number of aromatic nitrogens is 4. The number of likely N-dealkylation sites (tertiary alicyclic amines) is 1. The Kier molecular flexibility index (Phi) is 4.38. The molecule has 3 rings (SSSR count). The maximum atomic E-state index is 12.2. The zero-order valence-electron chi connectivity index (χ0n) is 14.4. The molecule has 8 heteroatoms. The fraction of sp³-hybridized carbons (Fsp3) is 0.625. The quantitative estimate of drug-likeness (QED) is 0.736. The molecule has 0 saturated carbocycles. The van der Waals surface area contributed by atoms with Crippen molar-refractivity contribution in [3.63, 3.8) is 0 Å². The van der Waals surface area contributed by atoms with E-state index in [9.17, 15) is 4.79 Å². The number of fused-ring (bicyclic) bond motifs is 1. The van der Waals surface area contributed by atoms with E-state index >= 15 is 0 Å². The summed E-state index contributed by atoms with van der Waals surface area (Å²) in [4.78, 5) is 22.3. The van der Waals surface area contributed by atoms with Gasteiger partial charge < -0.3 is 9.64 Å². The Balaban J connectivity index is 1.74. The van der Waals surface area contributed by atoms with Crippen molar-refractivity contribution >= 4 is 28.7 Å². The van der Waals surface area contributed by atoms with Crippen LogP contribution in [0.2, 0.25) is 5.15 Å². The number of hydrogen-bond acceptors (Lipinski definition) is 5. The number of halogens is 1.